The summed E-state index contributed by atoms with van der Waals surface area (Å²) >= 11 is 2.40. The maximum atomic E-state index is 2.41. The van der Waals surface area contributed by atoms with Crippen LogP contribution in [0, 0.1) is 5.92 Å². The average Bonchev–Trinajstić information content (AvgIpc) is 2.03. The van der Waals surface area contributed by atoms with Crippen LogP contribution in [0.15, 0.2) is 12.2 Å². The third kappa shape index (κ3) is 3.04. The highest BCUT2D eigenvalue weighted by Gasteiger charge is 2.08. The summed E-state index contributed by atoms with van der Waals surface area (Å²) in [7, 11) is 0. The highest BCUT2D eigenvalue weighted by Crippen LogP contribution is 2.24. The van der Waals surface area contributed by atoms with Crippen LogP contribution in [0.2, 0.25) is 0 Å². The zero-order valence-corrected chi connectivity index (χ0v) is 8.51. The highest BCUT2D eigenvalue weighted by atomic mass is 127. The molecule has 0 bridgehead atoms. The van der Waals surface area contributed by atoms with Crippen molar-refractivity contribution in [3.05, 3.63) is 12.2 Å². The maximum absolute atomic E-state index is 2.41. The van der Waals surface area contributed by atoms with Gasteiger partial charge in [-0.3, -0.25) is 0 Å². The van der Waals surface area contributed by atoms with E-state index in [1.165, 1.54) is 36.5 Å². The van der Waals surface area contributed by atoms with E-state index in [9.17, 15) is 0 Å². The maximum Gasteiger partial charge on any atom is 0.0176 e. The minimum Gasteiger partial charge on any atom is -0.0847 e. The zero-order valence-electron chi connectivity index (χ0n) is 6.35. The van der Waals surface area contributed by atoms with Gasteiger partial charge < -0.3 is 0 Å². The Bertz CT molecular complexity index is 101. The van der Waals surface area contributed by atoms with Crippen LogP contribution >= 0.6 is 22.6 Å². The van der Waals surface area contributed by atoms with Crippen LogP contribution in [-0.4, -0.2) is 4.43 Å². The molecule has 58 valence electrons. The Hall–Kier alpha value is 0.470. The van der Waals surface area contributed by atoms with Gasteiger partial charge in [-0.1, -0.05) is 54.0 Å². The van der Waals surface area contributed by atoms with Gasteiger partial charge in [0.1, 0.15) is 0 Å². The molecule has 0 nitrogen and oxygen atoms in total. The molecule has 0 spiro atoms. The number of hydrogen-bond donors (Lipinski definition) is 0. The number of hydrogen-bond acceptors (Lipinski definition) is 0. The summed E-state index contributed by atoms with van der Waals surface area (Å²) in [5, 5.41) is 0. The Kier molecular flexibility index (Phi) is 4.42. The van der Waals surface area contributed by atoms with Gasteiger partial charge in [0.05, 0.1) is 0 Å². The number of halogens is 1. The fraction of sp³-hybridized carbons (Fsp3) is 0.778. The summed E-state index contributed by atoms with van der Waals surface area (Å²) in [4.78, 5) is 0. The average molecular weight is 250 g/mol. The van der Waals surface area contributed by atoms with Gasteiger partial charge in [-0.15, -0.1) is 0 Å². The van der Waals surface area contributed by atoms with Gasteiger partial charge in [0, 0.05) is 4.43 Å². The van der Waals surface area contributed by atoms with E-state index in [1.54, 1.807) is 0 Å². The van der Waals surface area contributed by atoms with Crippen molar-refractivity contribution in [3.63, 3.8) is 0 Å². The molecule has 0 unspecified atom stereocenters. The quantitative estimate of drug-likeness (QED) is 0.399. The summed E-state index contributed by atoms with van der Waals surface area (Å²) in [5.74, 6) is 0.920. The lowest BCUT2D eigenvalue weighted by Crippen LogP contribution is -2.02. The molecule has 1 aliphatic carbocycles. The Morgan fingerprint density at radius 3 is 2.50 bits per heavy atom. The van der Waals surface area contributed by atoms with E-state index in [1.807, 2.05) is 0 Å². The SMILES string of the molecule is IC/C=C/C1CCCCC1. The van der Waals surface area contributed by atoms with Crippen LogP contribution in [0.3, 0.4) is 0 Å². The molecule has 0 saturated heterocycles. The van der Waals surface area contributed by atoms with Crippen LogP contribution in [-0.2, 0) is 0 Å². The highest BCUT2D eigenvalue weighted by molar-refractivity contribution is 14.1. The van der Waals surface area contributed by atoms with E-state index in [-0.39, 0.29) is 0 Å². The van der Waals surface area contributed by atoms with Gasteiger partial charge in [-0.25, -0.2) is 0 Å². The first kappa shape index (κ1) is 8.57. The van der Waals surface area contributed by atoms with Crippen LogP contribution in [0.1, 0.15) is 32.1 Å². The second kappa shape index (κ2) is 5.16. The van der Waals surface area contributed by atoms with E-state index in [2.05, 4.69) is 34.7 Å². The molecule has 10 heavy (non-hydrogen) atoms. The normalized spacial score (nSPS) is 22.1. The van der Waals surface area contributed by atoms with Crippen LogP contribution in [0.5, 0.6) is 0 Å². The number of allylic oxidation sites excluding steroid dienone is 2. The summed E-state index contributed by atoms with van der Waals surface area (Å²) in [6.07, 6.45) is 12.0. The van der Waals surface area contributed by atoms with Crippen molar-refractivity contribution in [3.8, 4) is 0 Å². The summed E-state index contributed by atoms with van der Waals surface area (Å²) in [5.41, 5.74) is 0. The minimum atomic E-state index is 0.920. The Morgan fingerprint density at radius 2 is 1.90 bits per heavy atom. The number of rotatable bonds is 2. The van der Waals surface area contributed by atoms with Crippen molar-refractivity contribution < 1.29 is 0 Å². The molecule has 0 amide bonds. The summed E-state index contributed by atoms with van der Waals surface area (Å²) < 4.78 is 1.17. The third-order valence-electron chi connectivity index (χ3n) is 2.15. The first-order chi connectivity index (χ1) is 4.93. The van der Waals surface area contributed by atoms with E-state index < -0.39 is 0 Å². The Morgan fingerprint density at radius 1 is 1.20 bits per heavy atom. The molecule has 0 aromatic heterocycles. The standard InChI is InChI=1S/C9H15I/c10-8-4-7-9-5-2-1-3-6-9/h4,7,9H,1-3,5-6,8H2/b7-4+. The van der Waals surface area contributed by atoms with Crippen LogP contribution < -0.4 is 0 Å². The first-order valence-electron chi connectivity index (χ1n) is 4.16. The lowest BCUT2D eigenvalue weighted by Gasteiger charge is -2.17. The molecular weight excluding hydrogens is 235 g/mol. The second-order valence-electron chi connectivity index (χ2n) is 2.98. The van der Waals surface area contributed by atoms with Crippen molar-refractivity contribution >= 4 is 22.6 Å². The predicted octanol–water partition coefficient (Wildman–Crippen LogP) is 3.56. The molecule has 0 heterocycles. The van der Waals surface area contributed by atoms with Gasteiger partial charge >= 0.3 is 0 Å². The van der Waals surface area contributed by atoms with E-state index in [4.69, 9.17) is 0 Å². The Labute approximate surface area is 77.2 Å². The zero-order chi connectivity index (χ0) is 7.23. The van der Waals surface area contributed by atoms with Crippen molar-refractivity contribution in [2.75, 3.05) is 4.43 Å². The molecule has 1 aliphatic rings. The van der Waals surface area contributed by atoms with Crippen molar-refractivity contribution in [2.45, 2.75) is 32.1 Å². The lowest BCUT2D eigenvalue weighted by molar-refractivity contribution is 0.419. The molecule has 1 heteroatoms. The van der Waals surface area contributed by atoms with Crippen molar-refractivity contribution in [1.82, 2.24) is 0 Å². The molecule has 1 rings (SSSR count). The second-order valence-corrected chi connectivity index (χ2v) is 3.86. The molecule has 0 aromatic rings. The molecular formula is C9H15I. The van der Waals surface area contributed by atoms with Gasteiger partial charge in [0.25, 0.3) is 0 Å². The van der Waals surface area contributed by atoms with Gasteiger partial charge in [0.2, 0.25) is 0 Å². The lowest BCUT2D eigenvalue weighted by atomic mass is 9.89. The molecule has 0 radical (unpaired) electrons. The fourth-order valence-electron chi connectivity index (χ4n) is 1.57. The van der Waals surface area contributed by atoms with E-state index in [0.717, 1.165) is 5.92 Å². The molecule has 1 fully saturated rings. The summed E-state index contributed by atoms with van der Waals surface area (Å²) in [6.45, 7) is 0. The monoisotopic (exact) mass is 250 g/mol. The van der Waals surface area contributed by atoms with Crippen molar-refractivity contribution in [1.29, 1.82) is 0 Å². The predicted molar refractivity (Wildman–Crippen MR) is 54.6 cm³/mol. The molecule has 1 saturated carbocycles. The van der Waals surface area contributed by atoms with Crippen LogP contribution in [0.4, 0.5) is 0 Å². The van der Waals surface area contributed by atoms with Gasteiger partial charge in [0.15, 0.2) is 0 Å². The van der Waals surface area contributed by atoms with Gasteiger partial charge in [-0.2, -0.15) is 0 Å². The van der Waals surface area contributed by atoms with E-state index in [0.29, 0.717) is 0 Å². The molecule has 0 aromatic carbocycles. The van der Waals surface area contributed by atoms with Crippen LogP contribution in [0.25, 0.3) is 0 Å². The van der Waals surface area contributed by atoms with Crippen molar-refractivity contribution in [2.24, 2.45) is 5.92 Å². The smallest absolute Gasteiger partial charge is 0.0176 e. The van der Waals surface area contributed by atoms with E-state index >= 15 is 0 Å². The molecule has 0 atom stereocenters. The minimum absolute atomic E-state index is 0.920. The fourth-order valence-corrected chi connectivity index (χ4v) is 1.86. The molecule has 0 aliphatic heterocycles. The largest absolute Gasteiger partial charge is 0.0847 e. The number of alkyl halides is 1. The van der Waals surface area contributed by atoms with Gasteiger partial charge in [-0.05, 0) is 18.8 Å². The molecule has 0 N–H and O–H groups in total. The first-order valence-corrected chi connectivity index (χ1v) is 5.68. The third-order valence-corrected chi connectivity index (χ3v) is 2.66. The topological polar surface area (TPSA) is 0 Å². The Balaban J connectivity index is 2.19. The summed E-state index contributed by atoms with van der Waals surface area (Å²) in [6, 6.07) is 0.